The Morgan fingerprint density at radius 2 is 1.48 bits per heavy atom. The van der Waals surface area contributed by atoms with Gasteiger partial charge in [0.15, 0.2) is 0 Å². The van der Waals surface area contributed by atoms with Crippen molar-refractivity contribution >= 4 is 39.1 Å². The number of hydrogen-bond acceptors (Lipinski definition) is 5. The zero-order chi connectivity index (χ0) is 30.7. The van der Waals surface area contributed by atoms with Gasteiger partial charge in [0.25, 0.3) is 0 Å². The summed E-state index contributed by atoms with van der Waals surface area (Å²) in [5.74, 6) is -0.330. The molecule has 0 N–H and O–H groups in total. The fraction of sp³-hybridized carbons (Fsp3) is 0.367. The Morgan fingerprint density at radius 1 is 0.905 bits per heavy atom. The monoisotopic (exact) mass is 641 g/mol. The standard InChI is InChI=1S/C30H32Cl2F3N3O3S/c1-4-37(5-2)17-18-42(39,40)38-28(21-9-14-24(32)15-10-21)27(20-7-12-23(31)13-8-20)36-29(38)25-16-11-22(30(33,34)35)19-26(25)41-6-3/h7-16,19,27-28H,4-6,17-18H2,1-3H3. The number of ether oxygens (including phenoxy) is 1. The highest BCUT2D eigenvalue weighted by Gasteiger charge is 2.46. The van der Waals surface area contributed by atoms with E-state index >= 15 is 0 Å². The molecule has 4 rings (SSSR count). The van der Waals surface area contributed by atoms with Crippen LogP contribution < -0.4 is 4.74 Å². The van der Waals surface area contributed by atoms with E-state index in [1.807, 2.05) is 18.7 Å². The highest BCUT2D eigenvalue weighted by molar-refractivity contribution is 7.89. The minimum Gasteiger partial charge on any atom is -0.493 e. The van der Waals surface area contributed by atoms with Crippen LogP contribution in [-0.2, 0) is 16.2 Å². The van der Waals surface area contributed by atoms with Gasteiger partial charge in [-0.2, -0.15) is 13.2 Å². The average molecular weight is 643 g/mol. The van der Waals surface area contributed by atoms with E-state index < -0.39 is 33.8 Å². The number of nitrogens with zero attached hydrogens (tertiary/aromatic N) is 3. The van der Waals surface area contributed by atoms with Gasteiger partial charge in [-0.3, -0.25) is 4.99 Å². The second-order valence-electron chi connectivity index (χ2n) is 9.73. The minimum absolute atomic E-state index is 0.00613. The Labute approximate surface area is 254 Å². The summed E-state index contributed by atoms with van der Waals surface area (Å²) in [6.07, 6.45) is -4.62. The van der Waals surface area contributed by atoms with E-state index in [0.717, 1.165) is 12.1 Å². The highest BCUT2D eigenvalue weighted by atomic mass is 35.5. The van der Waals surface area contributed by atoms with Crippen molar-refractivity contribution in [3.63, 3.8) is 0 Å². The van der Waals surface area contributed by atoms with Crippen LogP contribution in [0, 0.1) is 0 Å². The van der Waals surface area contributed by atoms with E-state index in [9.17, 15) is 21.6 Å². The number of benzene rings is 3. The Bertz CT molecular complexity index is 1510. The van der Waals surface area contributed by atoms with E-state index in [2.05, 4.69) is 0 Å². The summed E-state index contributed by atoms with van der Waals surface area (Å²) in [5, 5.41) is 0.965. The smallest absolute Gasteiger partial charge is 0.416 e. The lowest BCUT2D eigenvalue weighted by Crippen LogP contribution is -2.42. The molecule has 0 saturated heterocycles. The molecule has 3 aromatic rings. The normalized spacial score (nSPS) is 17.5. The number of hydrogen-bond donors (Lipinski definition) is 0. The maximum Gasteiger partial charge on any atom is 0.416 e. The zero-order valence-electron chi connectivity index (χ0n) is 23.4. The van der Waals surface area contributed by atoms with Crippen LogP contribution >= 0.6 is 23.2 Å². The van der Waals surface area contributed by atoms with Crippen LogP contribution in [0.4, 0.5) is 13.2 Å². The lowest BCUT2D eigenvalue weighted by molar-refractivity contribution is -0.137. The average Bonchev–Trinajstić information content (AvgIpc) is 3.35. The molecule has 2 atom stereocenters. The van der Waals surface area contributed by atoms with Gasteiger partial charge in [0.1, 0.15) is 17.6 Å². The summed E-state index contributed by atoms with van der Waals surface area (Å²) in [6, 6.07) is 15.1. The molecule has 2 unspecified atom stereocenters. The first-order valence-corrected chi connectivity index (χ1v) is 15.9. The van der Waals surface area contributed by atoms with Gasteiger partial charge in [-0.1, -0.05) is 61.3 Å². The quantitative estimate of drug-likeness (QED) is 0.216. The van der Waals surface area contributed by atoms with Crippen molar-refractivity contribution in [2.24, 2.45) is 4.99 Å². The van der Waals surface area contributed by atoms with E-state index in [1.54, 1.807) is 55.5 Å². The van der Waals surface area contributed by atoms with Crippen LogP contribution in [-0.4, -0.2) is 55.5 Å². The molecular weight excluding hydrogens is 610 g/mol. The van der Waals surface area contributed by atoms with Gasteiger partial charge in [-0.05, 0) is 73.6 Å². The number of sulfonamides is 1. The topological polar surface area (TPSA) is 62.2 Å². The molecule has 0 bridgehead atoms. The second kappa shape index (κ2) is 13.2. The molecule has 0 spiro atoms. The predicted octanol–water partition coefficient (Wildman–Crippen LogP) is 7.63. The van der Waals surface area contributed by atoms with Gasteiger partial charge in [-0.25, -0.2) is 12.7 Å². The third-order valence-corrected chi connectivity index (χ3v) is 9.36. The van der Waals surface area contributed by atoms with Gasteiger partial charge in [-0.15, -0.1) is 0 Å². The first kappa shape index (κ1) is 32.1. The van der Waals surface area contributed by atoms with Crippen molar-refractivity contribution in [2.75, 3.05) is 32.0 Å². The molecule has 6 nitrogen and oxygen atoms in total. The van der Waals surface area contributed by atoms with Crippen LogP contribution in [0.25, 0.3) is 0 Å². The first-order valence-electron chi connectivity index (χ1n) is 13.6. The SMILES string of the molecule is CCOc1cc(C(F)(F)F)ccc1C1=NC(c2ccc(Cl)cc2)C(c2ccc(Cl)cc2)N1S(=O)(=O)CCN(CC)CC. The predicted molar refractivity (Wildman–Crippen MR) is 161 cm³/mol. The van der Waals surface area contributed by atoms with Gasteiger partial charge in [0.05, 0.1) is 29.5 Å². The van der Waals surface area contributed by atoms with E-state index in [0.29, 0.717) is 34.3 Å². The summed E-state index contributed by atoms with van der Waals surface area (Å²) in [5.41, 5.74) is 0.539. The maximum atomic E-state index is 14.3. The lowest BCUT2D eigenvalue weighted by Gasteiger charge is -2.31. The van der Waals surface area contributed by atoms with Crippen LogP contribution in [0.2, 0.25) is 10.0 Å². The van der Waals surface area contributed by atoms with Crippen molar-refractivity contribution in [2.45, 2.75) is 39.0 Å². The molecule has 1 aliphatic heterocycles. The fourth-order valence-corrected chi connectivity index (χ4v) is 6.88. The molecule has 0 aliphatic carbocycles. The first-order chi connectivity index (χ1) is 19.9. The van der Waals surface area contributed by atoms with Crippen molar-refractivity contribution < 1.29 is 26.3 Å². The van der Waals surface area contributed by atoms with E-state index in [-0.39, 0.29) is 36.1 Å². The number of rotatable bonds is 11. The minimum atomic E-state index is -4.62. The van der Waals surface area contributed by atoms with E-state index in [1.165, 1.54) is 10.4 Å². The molecule has 0 aromatic heterocycles. The van der Waals surface area contributed by atoms with Crippen LogP contribution in [0.1, 0.15) is 55.1 Å². The fourth-order valence-electron chi connectivity index (χ4n) is 4.95. The van der Waals surface area contributed by atoms with Crippen LogP contribution in [0.15, 0.2) is 71.7 Å². The molecule has 1 aliphatic rings. The Balaban J connectivity index is 1.96. The Hall–Kier alpha value is -2.79. The molecule has 0 amide bonds. The van der Waals surface area contributed by atoms with E-state index in [4.69, 9.17) is 32.9 Å². The van der Waals surface area contributed by atoms with Crippen LogP contribution in [0.3, 0.4) is 0 Å². The summed E-state index contributed by atoms with van der Waals surface area (Å²) in [4.78, 5) is 6.89. The van der Waals surface area contributed by atoms with Crippen molar-refractivity contribution in [3.05, 3.63) is 99.0 Å². The third kappa shape index (κ3) is 7.05. The van der Waals surface area contributed by atoms with Crippen molar-refractivity contribution in [3.8, 4) is 5.75 Å². The molecular formula is C30H32Cl2F3N3O3S. The molecule has 42 heavy (non-hydrogen) atoms. The van der Waals surface area contributed by atoms with Gasteiger partial charge in [0, 0.05) is 16.6 Å². The third-order valence-electron chi connectivity index (χ3n) is 7.15. The summed E-state index contributed by atoms with van der Waals surface area (Å²) in [6.45, 7) is 7.20. The molecule has 0 radical (unpaired) electrons. The summed E-state index contributed by atoms with van der Waals surface area (Å²) < 4.78 is 76.4. The Morgan fingerprint density at radius 3 is 2.00 bits per heavy atom. The van der Waals surface area contributed by atoms with Crippen molar-refractivity contribution in [1.29, 1.82) is 0 Å². The molecule has 0 fully saturated rings. The molecule has 0 saturated carbocycles. The molecule has 1 heterocycles. The lowest BCUT2D eigenvalue weighted by atomic mass is 9.95. The number of halogens is 5. The number of amidine groups is 1. The zero-order valence-corrected chi connectivity index (χ0v) is 25.7. The summed E-state index contributed by atoms with van der Waals surface area (Å²) >= 11 is 12.3. The second-order valence-corrected chi connectivity index (χ2v) is 12.6. The maximum absolute atomic E-state index is 14.3. The highest BCUT2D eigenvalue weighted by Crippen LogP contribution is 2.47. The van der Waals surface area contributed by atoms with Crippen molar-refractivity contribution in [1.82, 2.24) is 9.21 Å². The molecule has 3 aromatic carbocycles. The largest absolute Gasteiger partial charge is 0.493 e. The number of alkyl halides is 3. The molecule has 12 heteroatoms. The van der Waals surface area contributed by atoms with Gasteiger partial charge >= 0.3 is 6.18 Å². The van der Waals surface area contributed by atoms with Gasteiger partial charge < -0.3 is 9.64 Å². The van der Waals surface area contributed by atoms with Crippen LogP contribution in [0.5, 0.6) is 5.75 Å². The Kier molecular flexibility index (Phi) is 10.1. The summed E-state index contributed by atoms with van der Waals surface area (Å²) in [7, 11) is -4.08. The molecule has 226 valence electrons. The number of aliphatic imine (C=N–C) groups is 1. The van der Waals surface area contributed by atoms with Gasteiger partial charge in [0.2, 0.25) is 10.0 Å².